The number of amides is 3. The molecule has 0 aliphatic carbocycles. The lowest BCUT2D eigenvalue weighted by Crippen LogP contribution is -2.46. The first-order valence-corrected chi connectivity index (χ1v) is 8.85. The number of rotatable bonds is 4. The van der Waals surface area contributed by atoms with E-state index in [2.05, 4.69) is 0 Å². The zero-order chi connectivity index (χ0) is 18.8. The number of hydrogen-bond acceptors (Lipinski definition) is 5. The van der Waals surface area contributed by atoms with E-state index < -0.39 is 23.8 Å². The van der Waals surface area contributed by atoms with Crippen LogP contribution in [0.2, 0.25) is 0 Å². The highest BCUT2D eigenvalue weighted by atomic mass is 16.5. The standard InChI is InChI=1S/C19H22N2O5/c1-12-7-5-6-10-20(12)16(22)11-26-19(25)13(2)21-17(23)14-8-3-4-9-15(14)18(21)24/h3-4,8-9,12-13H,5-7,10-11H2,1-2H3/t12-,13-/m1/s1. The highest BCUT2D eigenvalue weighted by Crippen LogP contribution is 2.25. The van der Waals surface area contributed by atoms with Crippen molar-refractivity contribution in [1.82, 2.24) is 9.80 Å². The van der Waals surface area contributed by atoms with Crippen molar-refractivity contribution in [3.05, 3.63) is 35.4 Å². The second-order valence-corrected chi connectivity index (χ2v) is 6.74. The molecule has 1 fully saturated rings. The summed E-state index contributed by atoms with van der Waals surface area (Å²) in [5, 5.41) is 0. The van der Waals surface area contributed by atoms with Crippen molar-refractivity contribution in [2.24, 2.45) is 0 Å². The van der Waals surface area contributed by atoms with Crippen LogP contribution < -0.4 is 0 Å². The molecule has 0 saturated carbocycles. The van der Waals surface area contributed by atoms with Crippen molar-refractivity contribution in [2.75, 3.05) is 13.2 Å². The zero-order valence-electron chi connectivity index (χ0n) is 14.9. The summed E-state index contributed by atoms with van der Waals surface area (Å²) < 4.78 is 5.10. The van der Waals surface area contributed by atoms with Gasteiger partial charge in [-0.1, -0.05) is 12.1 Å². The predicted molar refractivity (Wildman–Crippen MR) is 92.4 cm³/mol. The van der Waals surface area contributed by atoms with Gasteiger partial charge in [-0.3, -0.25) is 19.3 Å². The van der Waals surface area contributed by atoms with E-state index in [0.717, 1.165) is 24.2 Å². The molecule has 1 saturated heterocycles. The molecule has 2 atom stereocenters. The molecule has 0 spiro atoms. The number of esters is 1. The van der Waals surface area contributed by atoms with Crippen LogP contribution in [0.25, 0.3) is 0 Å². The maximum absolute atomic E-state index is 12.4. The molecule has 0 N–H and O–H groups in total. The van der Waals surface area contributed by atoms with Crippen LogP contribution in [0.1, 0.15) is 53.8 Å². The van der Waals surface area contributed by atoms with E-state index in [1.807, 2.05) is 6.92 Å². The molecule has 2 aliphatic rings. The summed E-state index contributed by atoms with van der Waals surface area (Å²) in [4.78, 5) is 52.0. The Bertz CT molecular complexity index is 725. The zero-order valence-corrected chi connectivity index (χ0v) is 14.9. The molecule has 2 heterocycles. The Morgan fingerprint density at radius 3 is 2.35 bits per heavy atom. The SMILES string of the molecule is C[C@@H]1CCCCN1C(=O)COC(=O)[C@@H](C)N1C(=O)c2ccccc2C1=O. The lowest BCUT2D eigenvalue weighted by molar-refractivity contribution is -0.156. The minimum atomic E-state index is -1.09. The fourth-order valence-corrected chi connectivity index (χ4v) is 3.47. The Morgan fingerprint density at radius 1 is 1.15 bits per heavy atom. The van der Waals surface area contributed by atoms with Crippen LogP contribution in [-0.2, 0) is 14.3 Å². The third kappa shape index (κ3) is 3.21. The van der Waals surface area contributed by atoms with Crippen molar-refractivity contribution in [3.8, 4) is 0 Å². The Kier molecular flexibility index (Phi) is 5.06. The van der Waals surface area contributed by atoms with Gasteiger partial charge in [-0.15, -0.1) is 0 Å². The summed E-state index contributed by atoms with van der Waals surface area (Å²) in [5.74, 6) is -2.06. The maximum Gasteiger partial charge on any atom is 0.329 e. The van der Waals surface area contributed by atoms with Gasteiger partial charge in [0, 0.05) is 12.6 Å². The van der Waals surface area contributed by atoms with Crippen molar-refractivity contribution >= 4 is 23.7 Å². The lowest BCUT2D eigenvalue weighted by atomic mass is 10.0. The molecule has 3 rings (SSSR count). The maximum atomic E-state index is 12.4. The Morgan fingerprint density at radius 2 is 1.77 bits per heavy atom. The van der Waals surface area contributed by atoms with Crippen molar-refractivity contribution < 1.29 is 23.9 Å². The van der Waals surface area contributed by atoms with Crippen LogP contribution in [0.5, 0.6) is 0 Å². The molecule has 138 valence electrons. The fourth-order valence-electron chi connectivity index (χ4n) is 3.47. The van der Waals surface area contributed by atoms with Gasteiger partial charge in [0.1, 0.15) is 6.04 Å². The molecule has 26 heavy (non-hydrogen) atoms. The van der Waals surface area contributed by atoms with E-state index in [-0.39, 0.29) is 29.7 Å². The number of piperidine rings is 1. The first-order chi connectivity index (χ1) is 12.4. The number of imide groups is 1. The summed E-state index contributed by atoms with van der Waals surface area (Å²) in [5.41, 5.74) is 0.547. The summed E-state index contributed by atoms with van der Waals surface area (Å²) >= 11 is 0. The van der Waals surface area contributed by atoms with Crippen LogP contribution in [0, 0.1) is 0 Å². The molecule has 0 bridgehead atoms. The smallest absolute Gasteiger partial charge is 0.329 e. The van der Waals surface area contributed by atoms with E-state index in [1.165, 1.54) is 6.92 Å². The third-order valence-electron chi connectivity index (χ3n) is 5.02. The molecule has 3 amide bonds. The number of hydrogen-bond donors (Lipinski definition) is 0. The quantitative estimate of drug-likeness (QED) is 0.603. The van der Waals surface area contributed by atoms with Crippen LogP contribution in [0.15, 0.2) is 24.3 Å². The molecule has 0 radical (unpaired) electrons. The van der Waals surface area contributed by atoms with Crippen LogP contribution in [0.3, 0.4) is 0 Å². The van der Waals surface area contributed by atoms with Crippen LogP contribution in [0.4, 0.5) is 0 Å². The predicted octanol–water partition coefficient (Wildman–Crippen LogP) is 1.62. The fraction of sp³-hybridized carbons (Fsp3) is 0.474. The van der Waals surface area contributed by atoms with Crippen molar-refractivity contribution in [1.29, 1.82) is 0 Å². The molecule has 0 unspecified atom stereocenters. The van der Waals surface area contributed by atoms with Gasteiger partial charge in [-0.25, -0.2) is 4.79 Å². The topological polar surface area (TPSA) is 84.0 Å². The lowest BCUT2D eigenvalue weighted by Gasteiger charge is -2.33. The largest absolute Gasteiger partial charge is 0.454 e. The Labute approximate surface area is 151 Å². The normalized spacial score (nSPS) is 20.8. The number of carbonyl (C=O) groups excluding carboxylic acids is 4. The minimum absolute atomic E-state index is 0.128. The number of ether oxygens (including phenoxy) is 1. The monoisotopic (exact) mass is 358 g/mol. The second-order valence-electron chi connectivity index (χ2n) is 6.74. The van der Waals surface area contributed by atoms with E-state index >= 15 is 0 Å². The van der Waals surface area contributed by atoms with Crippen LogP contribution >= 0.6 is 0 Å². The number of benzene rings is 1. The summed E-state index contributed by atoms with van der Waals surface area (Å²) in [6.07, 6.45) is 2.96. The number of carbonyl (C=O) groups is 4. The highest BCUT2D eigenvalue weighted by molar-refractivity contribution is 6.22. The second kappa shape index (κ2) is 7.27. The van der Waals surface area contributed by atoms with Gasteiger partial charge < -0.3 is 9.64 Å². The third-order valence-corrected chi connectivity index (χ3v) is 5.02. The summed E-state index contributed by atoms with van der Waals surface area (Å²) in [6, 6.07) is 5.46. The summed E-state index contributed by atoms with van der Waals surface area (Å²) in [6.45, 7) is 3.68. The van der Waals surface area contributed by atoms with Crippen molar-refractivity contribution in [2.45, 2.75) is 45.2 Å². The number of nitrogens with zero attached hydrogens (tertiary/aromatic N) is 2. The number of likely N-dealkylation sites (tertiary alicyclic amines) is 1. The average Bonchev–Trinajstić information content (AvgIpc) is 2.90. The summed E-state index contributed by atoms with van der Waals surface area (Å²) in [7, 11) is 0. The molecule has 1 aromatic carbocycles. The van der Waals surface area contributed by atoms with Crippen LogP contribution in [-0.4, -0.2) is 58.7 Å². The van der Waals surface area contributed by atoms with Gasteiger partial charge in [-0.05, 0) is 45.2 Å². The van der Waals surface area contributed by atoms with Gasteiger partial charge in [-0.2, -0.15) is 0 Å². The molecule has 2 aliphatic heterocycles. The Balaban J connectivity index is 1.61. The van der Waals surface area contributed by atoms with E-state index in [1.54, 1.807) is 29.2 Å². The van der Waals surface area contributed by atoms with E-state index in [9.17, 15) is 19.2 Å². The molecule has 7 nitrogen and oxygen atoms in total. The number of fused-ring (bicyclic) bond motifs is 1. The van der Waals surface area contributed by atoms with Gasteiger partial charge in [0.15, 0.2) is 6.61 Å². The Hall–Kier alpha value is -2.70. The van der Waals surface area contributed by atoms with E-state index in [4.69, 9.17) is 4.74 Å². The average molecular weight is 358 g/mol. The first-order valence-electron chi connectivity index (χ1n) is 8.85. The van der Waals surface area contributed by atoms with Gasteiger partial charge >= 0.3 is 5.97 Å². The van der Waals surface area contributed by atoms with E-state index in [0.29, 0.717) is 6.54 Å². The first kappa shape index (κ1) is 18.1. The minimum Gasteiger partial charge on any atom is -0.454 e. The molecular weight excluding hydrogens is 336 g/mol. The van der Waals surface area contributed by atoms with Crippen molar-refractivity contribution in [3.63, 3.8) is 0 Å². The van der Waals surface area contributed by atoms with Gasteiger partial charge in [0.05, 0.1) is 11.1 Å². The molecule has 1 aromatic rings. The molecule has 7 heteroatoms. The van der Waals surface area contributed by atoms with Gasteiger partial charge in [0.2, 0.25) is 0 Å². The molecule has 0 aromatic heterocycles. The van der Waals surface area contributed by atoms with Gasteiger partial charge in [0.25, 0.3) is 17.7 Å². The highest BCUT2D eigenvalue weighted by Gasteiger charge is 2.41. The molecular formula is C19H22N2O5.